The molecule has 5 heteroatoms. The number of carbonyl (C=O) groups excluding carboxylic acids is 1. The van der Waals surface area contributed by atoms with Gasteiger partial charge >= 0.3 is 0 Å². The quantitative estimate of drug-likeness (QED) is 0.853. The van der Waals surface area contributed by atoms with Gasteiger partial charge in [0.2, 0.25) is 5.91 Å². The summed E-state index contributed by atoms with van der Waals surface area (Å²) in [7, 11) is 1.93. The molecule has 0 atom stereocenters. The smallest absolute Gasteiger partial charge is 0.232 e. The molecule has 0 bridgehead atoms. The number of hydrogen-bond acceptors (Lipinski definition) is 3. The molecule has 1 amide bonds. The molecule has 1 fully saturated rings. The molecule has 0 aliphatic carbocycles. The van der Waals surface area contributed by atoms with E-state index >= 15 is 0 Å². The molecule has 2 aromatic carbocycles. The Hall–Kier alpha value is -1.23. The number of halogens is 1. The Kier molecular flexibility index (Phi) is 5.46. The number of nitrogens with one attached hydrogen (secondary N) is 1. The molecule has 1 aliphatic heterocycles. The highest BCUT2D eigenvalue weighted by Crippen LogP contribution is 2.33. The van der Waals surface area contributed by atoms with Crippen molar-refractivity contribution < 1.29 is 4.79 Å². The predicted octanol–water partition coefficient (Wildman–Crippen LogP) is 3.80. The van der Waals surface area contributed by atoms with Crippen molar-refractivity contribution in [2.75, 3.05) is 25.9 Å². The van der Waals surface area contributed by atoms with Gasteiger partial charge in [0.1, 0.15) is 0 Å². The number of hydrogen-bond donors (Lipinski definition) is 1. The molecule has 23 heavy (non-hydrogen) atoms. The lowest BCUT2D eigenvalue weighted by Gasteiger charge is -2.31. The third kappa shape index (κ3) is 3.82. The SMILES string of the molecule is CN(C(=O)CSc1cccc2cccc(Cl)c12)C1CCNCC1. The van der Waals surface area contributed by atoms with E-state index in [4.69, 9.17) is 11.6 Å². The first-order chi connectivity index (χ1) is 11.2. The van der Waals surface area contributed by atoms with E-state index in [1.165, 1.54) is 0 Å². The van der Waals surface area contributed by atoms with Crippen molar-refractivity contribution in [2.45, 2.75) is 23.8 Å². The molecule has 0 unspecified atom stereocenters. The first-order valence-corrected chi connectivity index (χ1v) is 9.29. The Morgan fingerprint density at radius 2 is 1.96 bits per heavy atom. The third-order valence-corrected chi connectivity index (χ3v) is 5.77. The minimum atomic E-state index is 0.186. The van der Waals surface area contributed by atoms with Crippen LogP contribution >= 0.6 is 23.4 Å². The lowest BCUT2D eigenvalue weighted by Crippen LogP contribution is -2.44. The maximum Gasteiger partial charge on any atom is 0.232 e. The molecular formula is C18H21ClN2OS. The van der Waals surface area contributed by atoms with Crippen molar-refractivity contribution in [1.29, 1.82) is 0 Å². The fourth-order valence-corrected chi connectivity index (χ4v) is 4.39. The summed E-state index contributed by atoms with van der Waals surface area (Å²) in [4.78, 5) is 15.5. The zero-order chi connectivity index (χ0) is 16.2. The van der Waals surface area contributed by atoms with Gasteiger partial charge in [-0.2, -0.15) is 0 Å². The van der Waals surface area contributed by atoms with E-state index in [0.717, 1.165) is 46.6 Å². The topological polar surface area (TPSA) is 32.3 Å². The number of benzene rings is 2. The molecule has 0 aromatic heterocycles. The summed E-state index contributed by atoms with van der Waals surface area (Å²) in [6.45, 7) is 1.99. The van der Waals surface area contributed by atoms with Crippen LogP contribution in [-0.2, 0) is 4.79 Å². The van der Waals surface area contributed by atoms with Gasteiger partial charge in [-0.25, -0.2) is 0 Å². The minimum absolute atomic E-state index is 0.186. The zero-order valence-electron chi connectivity index (χ0n) is 13.2. The Morgan fingerprint density at radius 1 is 1.26 bits per heavy atom. The largest absolute Gasteiger partial charge is 0.342 e. The monoisotopic (exact) mass is 348 g/mol. The highest BCUT2D eigenvalue weighted by atomic mass is 35.5. The van der Waals surface area contributed by atoms with Gasteiger partial charge in [-0.05, 0) is 43.5 Å². The summed E-state index contributed by atoms with van der Waals surface area (Å²) in [5, 5.41) is 6.23. The highest BCUT2D eigenvalue weighted by Gasteiger charge is 2.22. The average molecular weight is 349 g/mol. The molecule has 3 nitrogen and oxygen atoms in total. The summed E-state index contributed by atoms with van der Waals surface area (Å²) >= 11 is 7.92. The van der Waals surface area contributed by atoms with E-state index in [-0.39, 0.29) is 5.91 Å². The van der Waals surface area contributed by atoms with Gasteiger partial charge in [0.25, 0.3) is 0 Å². The molecule has 1 saturated heterocycles. The number of carbonyl (C=O) groups is 1. The number of piperidine rings is 1. The van der Waals surface area contributed by atoms with Crippen LogP contribution < -0.4 is 5.32 Å². The van der Waals surface area contributed by atoms with E-state index in [1.54, 1.807) is 11.8 Å². The van der Waals surface area contributed by atoms with E-state index in [9.17, 15) is 4.79 Å². The van der Waals surface area contributed by atoms with Crippen molar-refractivity contribution in [2.24, 2.45) is 0 Å². The number of amides is 1. The van der Waals surface area contributed by atoms with Gasteiger partial charge in [0.15, 0.2) is 0 Å². The van der Waals surface area contributed by atoms with E-state index in [2.05, 4.69) is 5.32 Å². The fourth-order valence-electron chi connectivity index (χ4n) is 3.02. The molecule has 1 aliphatic rings. The fraction of sp³-hybridized carbons (Fsp3) is 0.389. The second-order valence-corrected chi connectivity index (χ2v) is 7.29. The van der Waals surface area contributed by atoms with E-state index in [0.29, 0.717) is 11.8 Å². The molecule has 3 rings (SSSR count). The Morgan fingerprint density at radius 3 is 2.70 bits per heavy atom. The number of rotatable bonds is 4. The standard InChI is InChI=1S/C18H21ClN2OS/c1-21(14-8-10-20-11-9-14)17(22)12-23-16-7-3-5-13-4-2-6-15(19)18(13)16/h2-7,14,20H,8-12H2,1H3. The normalized spacial score (nSPS) is 15.7. The highest BCUT2D eigenvalue weighted by molar-refractivity contribution is 8.00. The van der Waals surface area contributed by atoms with Crippen LogP contribution in [0.4, 0.5) is 0 Å². The van der Waals surface area contributed by atoms with Crippen LogP contribution in [0.15, 0.2) is 41.3 Å². The Balaban J connectivity index is 1.69. The first kappa shape index (κ1) is 16.6. The molecular weight excluding hydrogens is 328 g/mol. The summed E-state index contributed by atoms with van der Waals surface area (Å²) in [5.41, 5.74) is 0. The van der Waals surface area contributed by atoms with E-state index < -0.39 is 0 Å². The molecule has 0 saturated carbocycles. The second-order valence-electron chi connectivity index (χ2n) is 5.87. The summed E-state index contributed by atoms with van der Waals surface area (Å²) in [6, 6.07) is 12.4. The van der Waals surface area contributed by atoms with Crippen LogP contribution in [0, 0.1) is 0 Å². The van der Waals surface area contributed by atoms with Crippen LogP contribution in [-0.4, -0.2) is 42.7 Å². The van der Waals surface area contributed by atoms with Crippen LogP contribution in [0.3, 0.4) is 0 Å². The van der Waals surface area contributed by atoms with Crippen LogP contribution in [0.2, 0.25) is 5.02 Å². The predicted molar refractivity (Wildman–Crippen MR) is 98.3 cm³/mol. The number of thioether (sulfide) groups is 1. The van der Waals surface area contributed by atoms with Gasteiger partial charge < -0.3 is 10.2 Å². The lowest BCUT2D eigenvalue weighted by molar-refractivity contribution is -0.129. The molecule has 0 radical (unpaired) electrons. The van der Waals surface area contributed by atoms with Crippen molar-refractivity contribution in [1.82, 2.24) is 10.2 Å². The van der Waals surface area contributed by atoms with Gasteiger partial charge in [0, 0.05) is 28.4 Å². The molecule has 1 N–H and O–H groups in total. The molecule has 122 valence electrons. The van der Waals surface area contributed by atoms with Crippen LogP contribution in [0.5, 0.6) is 0 Å². The van der Waals surface area contributed by atoms with Crippen molar-refractivity contribution in [3.63, 3.8) is 0 Å². The Labute approximate surface area is 146 Å². The zero-order valence-corrected chi connectivity index (χ0v) is 14.8. The summed E-state index contributed by atoms with van der Waals surface area (Å²) in [5.74, 6) is 0.635. The van der Waals surface area contributed by atoms with Gasteiger partial charge in [-0.3, -0.25) is 4.79 Å². The Bertz CT molecular complexity index is 695. The average Bonchev–Trinajstić information content (AvgIpc) is 2.60. The molecule has 0 spiro atoms. The van der Waals surface area contributed by atoms with Crippen LogP contribution in [0.1, 0.15) is 12.8 Å². The molecule has 2 aromatic rings. The van der Waals surface area contributed by atoms with Crippen molar-refractivity contribution in [3.8, 4) is 0 Å². The van der Waals surface area contributed by atoms with Gasteiger partial charge in [-0.15, -0.1) is 11.8 Å². The van der Waals surface area contributed by atoms with Crippen molar-refractivity contribution >= 4 is 40.0 Å². The first-order valence-electron chi connectivity index (χ1n) is 7.93. The number of nitrogens with zero attached hydrogens (tertiary/aromatic N) is 1. The maximum absolute atomic E-state index is 12.5. The van der Waals surface area contributed by atoms with Gasteiger partial charge in [-0.1, -0.05) is 35.9 Å². The number of fused-ring (bicyclic) bond motifs is 1. The van der Waals surface area contributed by atoms with Crippen molar-refractivity contribution in [3.05, 3.63) is 41.4 Å². The van der Waals surface area contributed by atoms with E-state index in [1.807, 2.05) is 48.3 Å². The summed E-state index contributed by atoms with van der Waals surface area (Å²) in [6.07, 6.45) is 2.07. The maximum atomic E-state index is 12.5. The summed E-state index contributed by atoms with van der Waals surface area (Å²) < 4.78 is 0. The molecule has 1 heterocycles. The van der Waals surface area contributed by atoms with Crippen LogP contribution in [0.25, 0.3) is 10.8 Å². The third-order valence-electron chi connectivity index (χ3n) is 4.42. The van der Waals surface area contributed by atoms with Gasteiger partial charge in [0.05, 0.1) is 5.75 Å². The lowest BCUT2D eigenvalue weighted by atomic mass is 10.1. The second kappa shape index (κ2) is 7.56. The minimum Gasteiger partial charge on any atom is -0.342 e.